The van der Waals surface area contributed by atoms with Gasteiger partial charge < -0.3 is 16.4 Å². The third-order valence-corrected chi connectivity index (χ3v) is 6.25. The topological polar surface area (TPSA) is 101 Å². The summed E-state index contributed by atoms with van der Waals surface area (Å²) in [4.78, 5) is 37.3. The molecule has 31 heavy (non-hydrogen) atoms. The fourth-order valence-corrected chi connectivity index (χ4v) is 4.46. The number of thiophene rings is 1. The van der Waals surface area contributed by atoms with Gasteiger partial charge in [0.2, 0.25) is 5.91 Å². The maximum Gasteiger partial charge on any atom is 0.267 e. The number of primary amides is 1. The minimum absolute atomic E-state index is 0.230. The van der Waals surface area contributed by atoms with Crippen LogP contribution in [0, 0.1) is 0 Å². The van der Waals surface area contributed by atoms with Crippen molar-refractivity contribution in [3.63, 3.8) is 0 Å². The summed E-state index contributed by atoms with van der Waals surface area (Å²) in [5.41, 5.74) is 6.60. The Hall–Kier alpha value is -3.68. The smallest absolute Gasteiger partial charge is 0.267 e. The van der Waals surface area contributed by atoms with E-state index < -0.39 is 11.8 Å². The highest BCUT2D eigenvalue weighted by Gasteiger charge is 2.18. The number of fused-ring (bicyclic) bond motifs is 1. The predicted octanol–water partition coefficient (Wildman–Crippen LogP) is 5.16. The number of hydrogen-bond donors (Lipinski definition) is 3. The maximum absolute atomic E-state index is 12.9. The van der Waals surface area contributed by atoms with Crippen molar-refractivity contribution in [2.24, 2.45) is 5.73 Å². The van der Waals surface area contributed by atoms with Gasteiger partial charge in [0, 0.05) is 21.2 Å². The third-order valence-electron chi connectivity index (χ3n) is 4.57. The van der Waals surface area contributed by atoms with Crippen LogP contribution in [0.25, 0.3) is 10.1 Å². The SMILES string of the molecule is NC(=O)c1cccc(C(=O)Nc2ccccc2NC(=O)c2sc3ccccc3c2Cl)c1. The van der Waals surface area contributed by atoms with Crippen molar-refractivity contribution < 1.29 is 14.4 Å². The van der Waals surface area contributed by atoms with E-state index in [1.54, 1.807) is 36.4 Å². The third kappa shape index (κ3) is 4.28. The van der Waals surface area contributed by atoms with Crippen LogP contribution in [0.4, 0.5) is 11.4 Å². The van der Waals surface area contributed by atoms with Crippen molar-refractivity contribution in [2.75, 3.05) is 10.6 Å². The van der Waals surface area contributed by atoms with E-state index >= 15 is 0 Å². The molecule has 4 aromatic rings. The quantitative estimate of drug-likeness (QED) is 0.392. The average Bonchev–Trinajstić information content (AvgIpc) is 3.12. The van der Waals surface area contributed by atoms with Gasteiger partial charge in [0.05, 0.1) is 16.4 Å². The molecule has 1 aromatic heterocycles. The molecule has 0 aliphatic carbocycles. The van der Waals surface area contributed by atoms with Crippen molar-refractivity contribution in [2.45, 2.75) is 0 Å². The lowest BCUT2D eigenvalue weighted by atomic mass is 10.1. The van der Waals surface area contributed by atoms with Gasteiger partial charge in [-0.05, 0) is 36.4 Å². The molecule has 0 aliphatic heterocycles. The van der Waals surface area contributed by atoms with Gasteiger partial charge in [0.25, 0.3) is 11.8 Å². The molecule has 0 unspecified atom stereocenters. The van der Waals surface area contributed by atoms with Crippen molar-refractivity contribution in [1.29, 1.82) is 0 Å². The van der Waals surface area contributed by atoms with Crippen molar-refractivity contribution in [3.05, 3.63) is 93.8 Å². The first-order valence-corrected chi connectivity index (χ1v) is 10.4. The van der Waals surface area contributed by atoms with E-state index in [4.69, 9.17) is 17.3 Å². The Labute approximate surface area is 186 Å². The molecule has 0 spiro atoms. The molecule has 3 amide bonds. The van der Waals surface area contributed by atoms with Gasteiger partial charge in [-0.1, -0.05) is 48.0 Å². The lowest BCUT2D eigenvalue weighted by molar-refractivity contribution is 0.0997. The van der Waals surface area contributed by atoms with Gasteiger partial charge in [0.1, 0.15) is 4.88 Å². The molecule has 0 atom stereocenters. The van der Waals surface area contributed by atoms with Gasteiger partial charge in [-0.3, -0.25) is 14.4 Å². The predicted molar refractivity (Wildman–Crippen MR) is 124 cm³/mol. The monoisotopic (exact) mass is 449 g/mol. The second kappa shape index (κ2) is 8.59. The molecule has 1 heterocycles. The Morgan fingerprint density at radius 2 is 1.39 bits per heavy atom. The van der Waals surface area contributed by atoms with Crippen LogP contribution >= 0.6 is 22.9 Å². The van der Waals surface area contributed by atoms with Gasteiger partial charge in [-0.15, -0.1) is 11.3 Å². The Balaban J connectivity index is 1.58. The summed E-state index contributed by atoms with van der Waals surface area (Å²) in [6.45, 7) is 0. The lowest BCUT2D eigenvalue weighted by Gasteiger charge is -2.12. The number of amides is 3. The summed E-state index contributed by atoms with van der Waals surface area (Å²) < 4.78 is 0.911. The fraction of sp³-hybridized carbons (Fsp3) is 0. The van der Waals surface area contributed by atoms with E-state index in [2.05, 4.69) is 10.6 Å². The highest BCUT2D eigenvalue weighted by molar-refractivity contribution is 7.21. The Morgan fingerprint density at radius 1 is 0.774 bits per heavy atom. The highest BCUT2D eigenvalue weighted by atomic mass is 35.5. The number of anilines is 2. The minimum atomic E-state index is -0.623. The number of halogens is 1. The van der Waals surface area contributed by atoms with Gasteiger partial charge in [-0.25, -0.2) is 0 Å². The Bertz CT molecular complexity index is 1330. The first-order valence-electron chi connectivity index (χ1n) is 9.22. The zero-order chi connectivity index (χ0) is 22.0. The number of carbonyl (C=O) groups is 3. The molecule has 0 fully saturated rings. The fourth-order valence-electron chi connectivity index (χ4n) is 3.05. The van der Waals surface area contributed by atoms with Crippen LogP contribution in [0.2, 0.25) is 5.02 Å². The van der Waals surface area contributed by atoms with Crippen molar-refractivity contribution in [3.8, 4) is 0 Å². The number of nitrogens with two attached hydrogens (primary N) is 1. The van der Waals surface area contributed by atoms with Crippen molar-refractivity contribution in [1.82, 2.24) is 0 Å². The Kier molecular flexibility index (Phi) is 5.70. The van der Waals surface area contributed by atoms with E-state index in [9.17, 15) is 14.4 Å². The molecule has 4 N–H and O–H groups in total. The standard InChI is InChI=1S/C23H16ClN3O3S/c24-19-15-8-1-4-11-18(15)31-20(19)23(30)27-17-10-3-2-9-16(17)26-22(29)14-7-5-6-13(12-14)21(25)28/h1-12H,(H2,25,28)(H,26,29)(H,27,30). The van der Waals surface area contributed by atoms with E-state index in [1.165, 1.54) is 23.5 Å². The first kappa shape index (κ1) is 20.6. The molecule has 6 nitrogen and oxygen atoms in total. The molecule has 8 heteroatoms. The number of para-hydroxylation sites is 2. The summed E-state index contributed by atoms with van der Waals surface area (Å²) in [7, 11) is 0. The summed E-state index contributed by atoms with van der Waals surface area (Å²) in [6.07, 6.45) is 0. The van der Waals surface area contributed by atoms with Gasteiger partial charge >= 0.3 is 0 Å². The first-order chi connectivity index (χ1) is 14.9. The van der Waals surface area contributed by atoms with Crippen LogP contribution in [0.15, 0.2) is 72.8 Å². The number of nitrogens with one attached hydrogen (secondary N) is 2. The van der Waals surface area contributed by atoms with E-state index in [0.29, 0.717) is 21.3 Å². The molecule has 0 saturated carbocycles. The van der Waals surface area contributed by atoms with E-state index in [0.717, 1.165) is 10.1 Å². The highest BCUT2D eigenvalue weighted by Crippen LogP contribution is 2.36. The van der Waals surface area contributed by atoms with E-state index in [-0.39, 0.29) is 17.0 Å². The average molecular weight is 450 g/mol. The van der Waals surface area contributed by atoms with Crippen LogP contribution in [-0.4, -0.2) is 17.7 Å². The molecule has 0 saturated heterocycles. The number of benzene rings is 3. The van der Waals surface area contributed by atoms with Crippen LogP contribution in [0.5, 0.6) is 0 Å². The molecule has 0 aliphatic rings. The van der Waals surface area contributed by atoms with Gasteiger partial charge in [-0.2, -0.15) is 0 Å². The molecular formula is C23H16ClN3O3S. The number of rotatable bonds is 5. The zero-order valence-corrected chi connectivity index (χ0v) is 17.6. The summed E-state index contributed by atoms with van der Waals surface area (Å²) in [5, 5.41) is 6.78. The maximum atomic E-state index is 12.9. The molecule has 154 valence electrons. The normalized spacial score (nSPS) is 10.6. The summed E-state index contributed by atoms with van der Waals surface area (Å²) >= 11 is 7.70. The summed E-state index contributed by atoms with van der Waals surface area (Å²) in [5.74, 6) is -1.43. The van der Waals surface area contributed by atoms with Gasteiger partial charge in [0.15, 0.2) is 0 Å². The van der Waals surface area contributed by atoms with E-state index in [1.807, 2.05) is 24.3 Å². The second-order valence-electron chi connectivity index (χ2n) is 6.64. The number of carbonyl (C=O) groups excluding carboxylic acids is 3. The zero-order valence-electron chi connectivity index (χ0n) is 16.0. The Morgan fingerprint density at radius 3 is 2.06 bits per heavy atom. The molecule has 4 rings (SSSR count). The van der Waals surface area contributed by atoms with Crippen LogP contribution in [-0.2, 0) is 0 Å². The molecule has 0 bridgehead atoms. The molecular weight excluding hydrogens is 434 g/mol. The molecule has 3 aromatic carbocycles. The largest absolute Gasteiger partial charge is 0.366 e. The van der Waals surface area contributed by atoms with Crippen LogP contribution in [0.1, 0.15) is 30.4 Å². The lowest BCUT2D eigenvalue weighted by Crippen LogP contribution is -2.17. The molecule has 0 radical (unpaired) electrons. The minimum Gasteiger partial charge on any atom is -0.366 e. The van der Waals surface area contributed by atoms with Crippen LogP contribution in [0.3, 0.4) is 0 Å². The summed E-state index contributed by atoms with van der Waals surface area (Å²) in [6, 6.07) is 20.4. The number of hydrogen-bond acceptors (Lipinski definition) is 4. The second-order valence-corrected chi connectivity index (χ2v) is 8.07. The van der Waals surface area contributed by atoms with Crippen molar-refractivity contribution >= 4 is 62.1 Å². The van der Waals surface area contributed by atoms with Crippen LogP contribution < -0.4 is 16.4 Å².